The number of aromatic nitrogens is 2. The van der Waals surface area contributed by atoms with Crippen LogP contribution in [-0.4, -0.2) is 27.8 Å². The summed E-state index contributed by atoms with van der Waals surface area (Å²) in [5.74, 6) is 0.570. The molecule has 0 bridgehead atoms. The first-order valence-corrected chi connectivity index (χ1v) is 8.81. The van der Waals surface area contributed by atoms with Gasteiger partial charge in [-0.3, -0.25) is 4.90 Å². The van der Waals surface area contributed by atoms with E-state index in [2.05, 4.69) is 48.2 Å². The third-order valence-electron chi connectivity index (χ3n) is 5.57. The van der Waals surface area contributed by atoms with E-state index < -0.39 is 0 Å². The molecule has 1 aliphatic heterocycles. The van der Waals surface area contributed by atoms with Crippen molar-refractivity contribution in [2.24, 2.45) is 11.3 Å². The summed E-state index contributed by atoms with van der Waals surface area (Å²) in [6, 6.07) is 12.6. The molecule has 0 aliphatic carbocycles. The van der Waals surface area contributed by atoms with Crippen molar-refractivity contribution in [2.75, 3.05) is 13.1 Å². The third-order valence-corrected chi connectivity index (χ3v) is 5.57. The lowest BCUT2D eigenvalue weighted by molar-refractivity contribution is 0.0617. The van der Waals surface area contributed by atoms with Crippen LogP contribution in [0.1, 0.15) is 38.7 Å². The second-order valence-electron chi connectivity index (χ2n) is 7.26. The molecule has 1 aromatic carbocycles. The van der Waals surface area contributed by atoms with Crippen molar-refractivity contribution in [1.29, 1.82) is 5.26 Å². The van der Waals surface area contributed by atoms with Gasteiger partial charge in [-0.25, -0.2) is 4.68 Å². The van der Waals surface area contributed by atoms with E-state index in [-0.39, 0.29) is 5.41 Å². The predicted molar refractivity (Wildman–Crippen MR) is 95.6 cm³/mol. The van der Waals surface area contributed by atoms with Gasteiger partial charge < -0.3 is 0 Å². The second kappa shape index (κ2) is 7.19. The first-order valence-electron chi connectivity index (χ1n) is 8.81. The van der Waals surface area contributed by atoms with Crippen LogP contribution in [0, 0.1) is 22.7 Å². The lowest BCUT2D eigenvalue weighted by Crippen LogP contribution is -2.42. The van der Waals surface area contributed by atoms with Crippen molar-refractivity contribution in [3.05, 3.63) is 48.3 Å². The zero-order valence-corrected chi connectivity index (χ0v) is 14.7. The smallest absolute Gasteiger partial charge is 0.0645 e. The topological polar surface area (TPSA) is 44.9 Å². The second-order valence-corrected chi connectivity index (χ2v) is 7.26. The lowest BCUT2D eigenvalue weighted by Gasteiger charge is -2.43. The fourth-order valence-corrected chi connectivity index (χ4v) is 3.69. The standard InChI is InChI=1S/C20H26N4/c1-17(2)20(8-11-21)9-12-23(13-10-20)15-18-14-22-24(16-18)19-6-4-3-5-7-19/h3-7,14,16-17H,8-10,12-13,15H2,1-2H3. The van der Waals surface area contributed by atoms with Gasteiger partial charge in [-0.2, -0.15) is 10.4 Å². The van der Waals surface area contributed by atoms with Gasteiger partial charge in [0.25, 0.3) is 0 Å². The average Bonchev–Trinajstić information content (AvgIpc) is 3.06. The number of piperidine rings is 1. The highest BCUT2D eigenvalue weighted by atomic mass is 15.3. The van der Waals surface area contributed by atoms with E-state index in [1.807, 2.05) is 29.1 Å². The Morgan fingerprint density at radius 1 is 1.21 bits per heavy atom. The molecular formula is C20H26N4. The van der Waals surface area contributed by atoms with Crippen LogP contribution in [0.5, 0.6) is 0 Å². The first kappa shape index (κ1) is 16.7. The Kier molecular flexibility index (Phi) is 5.01. The molecule has 24 heavy (non-hydrogen) atoms. The Hall–Kier alpha value is -2.12. The van der Waals surface area contributed by atoms with Gasteiger partial charge in [0.05, 0.1) is 18.0 Å². The molecule has 1 saturated heterocycles. The van der Waals surface area contributed by atoms with Gasteiger partial charge in [-0.15, -0.1) is 0 Å². The van der Waals surface area contributed by atoms with Gasteiger partial charge in [0.15, 0.2) is 0 Å². The van der Waals surface area contributed by atoms with Crippen LogP contribution < -0.4 is 0 Å². The van der Waals surface area contributed by atoms with Gasteiger partial charge in [-0.1, -0.05) is 32.0 Å². The maximum Gasteiger partial charge on any atom is 0.0645 e. The highest BCUT2D eigenvalue weighted by molar-refractivity contribution is 5.30. The molecule has 0 N–H and O–H groups in total. The summed E-state index contributed by atoms with van der Waals surface area (Å²) < 4.78 is 1.94. The van der Waals surface area contributed by atoms with Crippen LogP contribution >= 0.6 is 0 Å². The van der Waals surface area contributed by atoms with Crippen molar-refractivity contribution in [3.63, 3.8) is 0 Å². The van der Waals surface area contributed by atoms with Gasteiger partial charge in [0, 0.05) is 24.7 Å². The number of hydrogen-bond donors (Lipinski definition) is 0. The van der Waals surface area contributed by atoms with Crippen molar-refractivity contribution in [3.8, 4) is 11.8 Å². The van der Waals surface area contributed by atoms with E-state index in [0.717, 1.165) is 38.2 Å². The van der Waals surface area contributed by atoms with E-state index in [1.54, 1.807) is 0 Å². The maximum atomic E-state index is 9.17. The van der Waals surface area contributed by atoms with Crippen LogP contribution in [0.25, 0.3) is 5.69 Å². The Bertz CT molecular complexity index is 688. The third kappa shape index (κ3) is 3.52. The van der Waals surface area contributed by atoms with E-state index in [4.69, 9.17) is 0 Å². The summed E-state index contributed by atoms with van der Waals surface area (Å²) in [5.41, 5.74) is 2.55. The molecule has 1 fully saturated rings. The van der Waals surface area contributed by atoms with Crippen LogP contribution in [-0.2, 0) is 6.54 Å². The summed E-state index contributed by atoms with van der Waals surface area (Å²) in [5, 5.41) is 13.7. The molecule has 0 atom stereocenters. The minimum absolute atomic E-state index is 0.208. The fraction of sp³-hybridized carbons (Fsp3) is 0.500. The highest BCUT2D eigenvalue weighted by Gasteiger charge is 2.37. The van der Waals surface area contributed by atoms with Gasteiger partial charge >= 0.3 is 0 Å². The first-order chi connectivity index (χ1) is 11.6. The molecule has 126 valence electrons. The van der Waals surface area contributed by atoms with E-state index >= 15 is 0 Å². The summed E-state index contributed by atoms with van der Waals surface area (Å²) >= 11 is 0. The molecule has 3 rings (SSSR count). The van der Waals surface area contributed by atoms with E-state index in [0.29, 0.717) is 12.3 Å². The number of rotatable bonds is 5. The van der Waals surface area contributed by atoms with E-state index in [1.165, 1.54) is 5.56 Å². The number of para-hydroxylation sites is 1. The van der Waals surface area contributed by atoms with Crippen LogP contribution in [0.2, 0.25) is 0 Å². The molecule has 2 aromatic rings. The van der Waals surface area contributed by atoms with Crippen molar-refractivity contribution in [1.82, 2.24) is 14.7 Å². The zero-order chi connectivity index (χ0) is 17.0. The number of hydrogen-bond acceptors (Lipinski definition) is 3. The maximum absolute atomic E-state index is 9.17. The number of benzene rings is 1. The van der Waals surface area contributed by atoms with Crippen LogP contribution in [0.15, 0.2) is 42.7 Å². The van der Waals surface area contributed by atoms with Crippen LogP contribution in [0.3, 0.4) is 0 Å². The number of likely N-dealkylation sites (tertiary alicyclic amines) is 1. The van der Waals surface area contributed by atoms with Crippen molar-refractivity contribution < 1.29 is 0 Å². The molecular weight excluding hydrogens is 296 g/mol. The molecule has 0 amide bonds. The van der Waals surface area contributed by atoms with E-state index in [9.17, 15) is 5.26 Å². The molecule has 4 nitrogen and oxygen atoms in total. The van der Waals surface area contributed by atoms with Gasteiger partial charge in [0.1, 0.15) is 0 Å². The molecule has 4 heteroatoms. The normalized spacial score (nSPS) is 17.8. The predicted octanol–water partition coefficient (Wildman–Crippen LogP) is 4.02. The molecule has 0 radical (unpaired) electrons. The highest BCUT2D eigenvalue weighted by Crippen LogP contribution is 2.41. The molecule has 0 unspecified atom stereocenters. The summed E-state index contributed by atoms with van der Waals surface area (Å²) in [6.07, 6.45) is 7.00. The summed E-state index contributed by atoms with van der Waals surface area (Å²) in [4.78, 5) is 2.49. The van der Waals surface area contributed by atoms with Crippen molar-refractivity contribution in [2.45, 2.75) is 39.7 Å². The lowest BCUT2D eigenvalue weighted by atomic mass is 9.68. The Balaban J connectivity index is 1.61. The minimum Gasteiger partial charge on any atom is -0.299 e. The Labute approximate surface area is 144 Å². The SMILES string of the molecule is CC(C)C1(CC#N)CCN(Cc2cnn(-c3ccccc3)c2)CC1. The largest absolute Gasteiger partial charge is 0.299 e. The summed E-state index contributed by atoms with van der Waals surface area (Å²) in [6.45, 7) is 7.59. The monoisotopic (exact) mass is 322 g/mol. The molecule has 0 saturated carbocycles. The molecule has 1 aliphatic rings. The average molecular weight is 322 g/mol. The Morgan fingerprint density at radius 2 is 1.92 bits per heavy atom. The summed E-state index contributed by atoms with van der Waals surface area (Å²) in [7, 11) is 0. The Morgan fingerprint density at radius 3 is 2.54 bits per heavy atom. The van der Waals surface area contributed by atoms with Crippen molar-refractivity contribution >= 4 is 0 Å². The minimum atomic E-state index is 0.208. The zero-order valence-electron chi connectivity index (χ0n) is 14.7. The molecule has 1 aromatic heterocycles. The molecule has 0 spiro atoms. The number of nitriles is 1. The number of nitrogens with zero attached hydrogens (tertiary/aromatic N) is 4. The molecule has 2 heterocycles. The van der Waals surface area contributed by atoms with Gasteiger partial charge in [0.2, 0.25) is 0 Å². The fourth-order valence-electron chi connectivity index (χ4n) is 3.69. The van der Waals surface area contributed by atoms with Crippen LogP contribution in [0.4, 0.5) is 0 Å². The van der Waals surface area contributed by atoms with Gasteiger partial charge in [-0.05, 0) is 49.4 Å². The quantitative estimate of drug-likeness (QED) is 0.835.